The maximum atomic E-state index is 12.4. The molecule has 1 saturated carbocycles. The molecular formula is C28H36N2O4. The van der Waals surface area contributed by atoms with E-state index >= 15 is 0 Å². The fourth-order valence-corrected chi connectivity index (χ4v) is 4.92. The van der Waals surface area contributed by atoms with Crippen molar-refractivity contribution in [3.63, 3.8) is 0 Å². The Bertz CT molecular complexity index is 947. The first kappa shape index (κ1) is 24.4. The lowest BCUT2D eigenvalue weighted by Gasteiger charge is -2.36. The van der Waals surface area contributed by atoms with Gasteiger partial charge in [0.2, 0.25) is 5.91 Å². The van der Waals surface area contributed by atoms with Crippen molar-refractivity contribution in [1.82, 2.24) is 9.80 Å². The van der Waals surface area contributed by atoms with Crippen LogP contribution in [0.4, 0.5) is 0 Å². The number of amides is 1. The van der Waals surface area contributed by atoms with E-state index in [0.717, 1.165) is 38.9 Å². The van der Waals surface area contributed by atoms with Crippen LogP contribution < -0.4 is 0 Å². The topological polar surface area (TPSA) is 59.1 Å². The van der Waals surface area contributed by atoms with Crippen LogP contribution in [0.3, 0.4) is 0 Å². The highest BCUT2D eigenvalue weighted by atomic mass is 16.5. The fourth-order valence-electron chi connectivity index (χ4n) is 4.92. The highest BCUT2D eigenvalue weighted by Crippen LogP contribution is 2.44. The number of carbonyl (C=O) groups is 2. The van der Waals surface area contributed by atoms with Crippen LogP contribution in [0.1, 0.15) is 54.1 Å². The number of benzene rings is 2. The van der Waals surface area contributed by atoms with Crippen molar-refractivity contribution in [1.29, 1.82) is 0 Å². The van der Waals surface area contributed by atoms with Crippen LogP contribution in [0.25, 0.3) is 0 Å². The Labute approximate surface area is 202 Å². The number of rotatable bonds is 10. The molecule has 34 heavy (non-hydrogen) atoms. The predicted octanol–water partition coefficient (Wildman–Crippen LogP) is 3.90. The second-order valence-corrected chi connectivity index (χ2v) is 9.31. The van der Waals surface area contributed by atoms with Crippen LogP contribution in [0.5, 0.6) is 0 Å². The van der Waals surface area contributed by atoms with Crippen molar-refractivity contribution in [3.05, 3.63) is 71.3 Å². The number of nitrogens with zero attached hydrogens (tertiary/aromatic N) is 2. The summed E-state index contributed by atoms with van der Waals surface area (Å²) in [5.41, 5.74) is 3.14. The van der Waals surface area contributed by atoms with Crippen LogP contribution in [-0.2, 0) is 20.7 Å². The standard InChI is InChI=1S/C28H36N2O4/c1-3-33-28(32)24-13-11-22(12-14-24)8-7-15-29-16-17-34-25(19-29)20-30(21(2)31)27-18-26(27)23-9-5-4-6-10-23/h4-6,9-14,25-27H,3,7-8,15-20H2,1-2H3/t25?,26-,27+/m0/s1. The summed E-state index contributed by atoms with van der Waals surface area (Å²) in [5.74, 6) is 0.310. The van der Waals surface area contributed by atoms with E-state index in [-0.39, 0.29) is 24.0 Å². The molecule has 0 aromatic heterocycles. The van der Waals surface area contributed by atoms with Gasteiger partial charge in [-0.15, -0.1) is 0 Å². The highest BCUT2D eigenvalue weighted by Gasteiger charge is 2.44. The molecule has 0 radical (unpaired) electrons. The smallest absolute Gasteiger partial charge is 0.338 e. The third-order valence-electron chi connectivity index (χ3n) is 6.82. The van der Waals surface area contributed by atoms with E-state index in [1.807, 2.05) is 42.2 Å². The minimum absolute atomic E-state index is 0.0542. The van der Waals surface area contributed by atoms with Crippen LogP contribution in [0, 0.1) is 0 Å². The molecule has 1 unspecified atom stereocenters. The number of ether oxygens (including phenoxy) is 2. The summed E-state index contributed by atoms with van der Waals surface area (Å²) in [6, 6.07) is 18.5. The van der Waals surface area contributed by atoms with E-state index in [1.54, 1.807) is 6.92 Å². The lowest BCUT2D eigenvalue weighted by Crippen LogP contribution is -2.49. The normalized spacial score (nSPS) is 22.2. The second kappa shape index (κ2) is 11.6. The number of carbonyl (C=O) groups excluding carboxylic acids is 2. The molecule has 1 aliphatic carbocycles. The first-order valence-corrected chi connectivity index (χ1v) is 12.5. The monoisotopic (exact) mass is 464 g/mol. The maximum Gasteiger partial charge on any atom is 0.338 e. The summed E-state index contributed by atoms with van der Waals surface area (Å²) in [6.07, 6.45) is 3.10. The van der Waals surface area contributed by atoms with Crippen molar-refractivity contribution < 1.29 is 19.1 Å². The van der Waals surface area contributed by atoms with Gasteiger partial charge in [-0.3, -0.25) is 9.69 Å². The molecule has 0 N–H and O–H groups in total. The largest absolute Gasteiger partial charge is 0.462 e. The molecule has 2 aliphatic rings. The molecule has 1 aliphatic heterocycles. The SMILES string of the molecule is CCOC(=O)c1ccc(CCCN2CCOC(CN(C(C)=O)[C@@H]3C[C@H]3c3ccccc3)C2)cc1. The van der Waals surface area contributed by atoms with E-state index in [9.17, 15) is 9.59 Å². The minimum Gasteiger partial charge on any atom is -0.462 e. The zero-order chi connectivity index (χ0) is 23.9. The number of hydrogen-bond acceptors (Lipinski definition) is 5. The minimum atomic E-state index is -0.269. The van der Waals surface area contributed by atoms with E-state index in [4.69, 9.17) is 9.47 Å². The molecule has 2 fully saturated rings. The Balaban J connectivity index is 1.23. The maximum absolute atomic E-state index is 12.4. The molecule has 6 heteroatoms. The van der Waals surface area contributed by atoms with E-state index < -0.39 is 0 Å². The Hall–Kier alpha value is -2.70. The molecule has 1 amide bonds. The van der Waals surface area contributed by atoms with Crippen LogP contribution in [0.2, 0.25) is 0 Å². The van der Waals surface area contributed by atoms with E-state index in [0.29, 0.717) is 31.2 Å². The number of morpholine rings is 1. The van der Waals surface area contributed by atoms with Crippen molar-refractivity contribution in [3.8, 4) is 0 Å². The van der Waals surface area contributed by atoms with Crippen molar-refractivity contribution >= 4 is 11.9 Å². The van der Waals surface area contributed by atoms with Crippen LogP contribution >= 0.6 is 0 Å². The van der Waals surface area contributed by atoms with Gasteiger partial charge in [-0.1, -0.05) is 42.5 Å². The van der Waals surface area contributed by atoms with Crippen LogP contribution in [-0.4, -0.2) is 73.2 Å². The second-order valence-electron chi connectivity index (χ2n) is 9.31. The first-order chi connectivity index (χ1) is 16.5. The van der Waals surface area contributed by atoms with E-state index in [1.165, 1.54) is 11.1 Å². The number of esters is 1. The Morgan fingerprint density at radius 2 is 1.88 bits per heavy atom. The van der Waals surface area contributed by atoms with Gasteiger partial charge in [0.15, 0.2) is 0 Å². The quantitative estimate of drug-likeness (QED) is 0.499. The third-order valence-corrected chi connectivity index (χ3v) is 6.82. The summed E-state index contributed by atoms with van der Waals surface area (Å²) >= 11 is 0. The van der Waals surface area contributed by atoms with Crippen molar-refractivity contribution in [2.75, 3.05) is 39.4 Å². The zero-order valence-corrected chi connectivity index (χ0v) is 20.3. The molecule has 2 aromatic carbocycles. The molecule has 4 rings (SSSR count). The van der Waals surface area contributed by atoms with Gasteiger partial charge in [0.1, 0.15) is 0 Å². The molecule has 1 saturated heterocycles. The molecule has 0 spiro atoms. The molecule has 182 valence electrons. The van der Waals surface area contributed by atoms with Crippen molar-refractivity contribution in [2.45, 2.75) is 51.2 Å². The van der Waals surface area contributed by atoms with Gasteiger partial charge in [0, 0.05) is 38.5 Å². The Morgan fingerprint density at radius 3 is 2.59 bits per heavy atom. The van der Waals surface area contributed by atoms with Gasteiger partial charge in [-0.25, -0.2) is 4.79 Å². The highest BCUT2D eigenvalue weighted by molar-refractivity contribution is 5.89. The summed E-state index contributed by atoms with van der Waals surface area (Å²) in [5, 5.41) is 0. The molecule has 1 heterocycles. The van der Waals surface area contributed by atoms with Gasteiger partial charge >= 0.3 is 5.97 Å². The lowest BCUT2D eigenvalue weighted by molar-refractivity contribution is -0.133. The fraction of sp³-hybridized carbons (Fsp3) is 0.500. The molecule has 6 nitrogen and oxygen atoms in total. The Kier molecular flexibility index (Phi) is 8.35. The molecular weight excluding hydrogens is 428 g/mol. The molecule has 0 bridgehead atoms. The predicted molar refractivity (Wildman–Crippen MR) is 132 cm³/mol. The summed E-state index contributed by atoms with van der Waals surface area (Å²) in [7, 11) is 0. The van der Waals surface area contributed by atoms with Crippen molar-refractivity contribution in [2.24, 2.45) is 0 Å². The molecule has 3 atom stereocenters. The van der Waals surface area contributed by atoms with Gasteiger partial charge in [-0.05, 0) is 56.0 Å². The van der Waals surface area contributed by atoms with Crippen LogP contribution in [0.15, 0.2) is 54.6 Å². The van der Waals surface area contributed by atoms with Gasteiger partial charge in [0.25, 0.3) is 0 Å². The summed E-state index contributed by atoms with van der Waals surface area (Å²) < 4.78 is 11.1. The summed E-state index contributed by atoms with van der Waals surface area (Å²) in [4.78, 5) is 28.7. The van der Waals surface area contributed by atoms with Gasteiger partial charge in [-0.2, -0.15) is 0 Å². The third kappa shape index (κ3) is 6.45. The number of aryl methyl sites for hydroxylation is 1. The average molecular weight is 465 g/mol. The first-order valence-electron chi connectivity index (χ1n) is 12.5. The lowest BCUT2D eigenvalue weighted by atomic mass is 10.1. The molecule has 2 aromatic rings. The van der Waals surface area contributed by atoms with Gasteiger partial charge in [0.05, 0.1) is 24.9 Å². The average Bonchev–Trinajstić information content (AvgIpc) is 3.64. The zero-order valence-electron chi connectivity index (χ0n) is 20.3. The van der Waals surface area contributed by atoms with Gasteiger partial charge < -0.3 is 14.4 Å². The van der Waals surface area contributed by atoms with E-state index in [2.05, 4.69) is 29.2 Å². The summed E-state index contributed by atoms with van der Waals surface area (Å²) in [6.45, 7) is 8.02. The Morgan fingerprint density at radius 1 is 1.12 bits per heavy atom. The number of hydrogen-bond donors (Lipinski definition) is 0.